The molecule has 0 bridgehead atoms. The Morgan fingerprint density at radius 3 is 2.71 bits per heavy atom. The van der Waals surface area contributed by atoms with E-state index in [2.05, 4.69) is 57.0 Å². The van der Waals surface area contributed by atoms with Crippen molar-refractivity contribution in [2.45, 2.75) is 39.2 Å². The minimum Gasteiger partial charge on any atom is -0.326 e. The molecule has 2 heterocycles. The molecule has 31 heavy (non-hydrogen) atoms. The highest BCUT2D eigenvalue weighted by Gasteiger charge is 2.28. The van der Waals surface area contributed by atoms with E-state index in [1.807, 2.05) is 35.9 Å². The first-order chi connectivity index (χ1) is 15.1. The summed E-state index contributed by atoms with van der Waals surface area (Å²) in [5, 5.41) is 16.1. The molecule has 0 radical (unpaired) electrons. The van der Waals surface area contributed by atoms with Crippen LogP contribution in [0.1, 0.15) is 34.3 Å². The van der Waals surface area contributed by atoms with Gasteiger partial charge in [0.15, 0.2) is 5.82 Å². The Morgan fingerprint density at radius 1 is 1.13 bits per heavy atom. The van der Waals surface area contributed by atoms with Gasteiger partial charge in [0.2, 0.25) is 5.91 Å². The molecule has 2 aromatic carbocycles. The third kappa shape index (κ3) is 4.25. The van der Waals surface area contributed by atoms with Crippen molar-refractivity contribution in [3.8, 4) is 22.6 Å². The van der Waals surface area contributed by atoms with Crippen molar-refractivity contribution in [1.82, 2.24) is 25.2 Å². The summed E-state index contributed by atoms with van der Waals surface area (Å²) in [7, 11) is 0. The highest BCUT2D eigenvalue weighted by molar-refractivity contribution is 7.12. The molecule has 1 saturated carbocycles. The number of rotatable bonds is 6. The Morgan fingerprint density at radius 2 is 1.94 bits per heavy atom. The molecule has 0 atom stereocenters. The zero-order valence-electron chi connectivity index (χ0n) is 17.4. The molecule has 7 nitrogen and oxygen atoms in total. The number of nitrogens with one attached hydrogen (secondary N) is 1. The predicted molar refractivity (Wildman–Crippen MR) is 121 cm³/mol. The lowest BCUT2D eigenvalue weighted by atomic mass is 10.1. The number of hydrogen-bond acceptors (Lipinski definition) is 6. The minimum atomic E-state index is -0.0732. The van der Waals surface area contributed by atoms with Gasteiger partial charge < -0.3 is 5.32 Å². The van der Waals surface area contributed by atoms with Crippen LogP contribution in [0.3, 0.4) is 0 Å². The van der Waals surface area contributed by atoms with E-state index >= 15 is 0 Å². The quantitative estimate of drug-likeness (QED) is 0.483. The fourth-order valence-corrected chi connectivity index (χ4v) is 4.52. The molecule has 1 fully saturated rings. The van der Waals surface area contributed by atoms with E-state index in [0.717, 1.165) is 51.1 Å². The van der Waals surface area contributed by atoms with Crippen molar-refractivity contribution in [3.63, 3.8) is 0 Å². The molecule has 1 aliphatic rings. The molecule has 1 amide bonds. The lowest BCUT2D eigenvalue weighted by Gasteiger charge is -2.08. The largest absolute Gasteiger partial charge is 0.326 e. The lowest BCUT2D eigenvalue weighted by Crippen LogP contribution is -2.14. The first kappa shape index (κ1) is 19.6. The van der Waals surface area contributed by atoms with Gasteiger partial charge in [-0.1, -0.05) is 42.0 Å². The number of tetrazole rings is 1. The number of anilines is 1. The molecule has 1 N–H and O–H groups in total. The predicted octanol–water partition coefficient (Wildman–Crippen LogP) is 4.60. The van der Waals surface area contributed by atoms with Gasteiger partial charge in [-0.3, -0.25) is 4.79 Å². The summed E-state index contributed by atoms with van der Waals surface area (Å²) in [6.07, 6.45) is 2.48. The Hall–Kier alpha value is -3.39. The van der Waals surface area contributed by atoms with Crippen LogP contribution >= 0.6 is 11.3 Å². The molecule has 2 aromatic heterocycles. The number of benzene rings is 2. The maximum atomic E-state index is 12.8. The van der Waals surface area contributed by atoms with Crippen LogP contribution in [0.4, 0.5) is 5.69 Å². The Kier molecular flexibility index (Phi) is 5.07. The molecule has 0 unspecified atom stereocenters. The number of carbonyl (C=O) groups excluding carboxylic acids is 1. The van der Waals surface area contributed by atoms with E-state index in [0.29, 0.717) is 6.04 Å². The third-order valence-corrected chi connectivity index (χ3v) is 6.21. The number of nitrogens with zero attached hydrogens (tertiary/aromatic N) is 5. The SMILES string of the molecule is Cc1ccc(-c2nc(C)sc2CC(=O)Nc2cccc(-c3nnnn3C3CC3)c2)cc1. The molecule has 156 valence electrons. The Balaban J connectivity index is 1.34. The number of aromatic nitrogens is 5. The summed E-state index contributed by atoms with van der Waals surface area (Å²) < 4.78 is 1.87. The fraction of sp³-hybridized carbons (Fsp3) is 0.261. The standard InChI is InChI=1S/C23H22N6OS/c1-14-6-8-16(9-7-14)22-20(31-15(2)24-22)13-21(30)25-18-5-3-4-17(12-18)23-26-27-28-29(23)19-10-11-19/h3-9,12,19H,10-11,13H2,1-2H3,(H,25,30). The van der Waals surface area contributed by atoms with Gasteiger partial charge in [-0.05, 0) is 49.2 Å². The van der Waals surface area contributed by atoms with E-state index in [9.17, 15) is 4.79 Å². The van der Waals surface area contributed by atoms with Crippen molar-refractivity contribution < 1.29 is 4.79 Å². The van der Waals surface area contributed by atoms with E-state index in [-0.39, 0.29) is 12.3 Å². The molecule has 8 heteroatoms. The summed E-state index contributed by atoms with van der Waals surface area (Å²) in [6.45, 7) is 4.03. The highest BCUT2D eigenvalue weighted by Crippen LogP contribution is 2.37. The van der Waals surface area contributed by atoms with Crippen LogP contribution < -0.4 is 5.32 Å². The number of aryl methyl sites for hydroxylation is 2. The van der Waals surface area contributed by atoms with Gasteiger partial charge in [-0.2, -0.15) is 0 Å². The average molecular weight is 431 g/mol. The van der Waals surface area contributed by atoms with Crippen LogP contribution in [-0.2, 0) is 11.2 Å². The van der Waals surface area contributed by atoms with Crippen LogP contribution in [0.15, 0.2) is 48.5 Å². The van der Waals surface area contributed by atoms with Crippen LogP contribution in [0, 0.1) is 13.8 Å². The molecule has 1 aliphatic carbocycles. The Bertz CT molecular complexity index is 1240. The molecular formula is C23H22N6OS. The van der Waals surface area contributed by atoms with Gasteiger partial charge in [0.1, 0.15) is 0 Å². The number of thiazole rings is 1. The summed E-state index contributed by atoms with van der Waals surface area (Å²) in [5.74, 6) is 0.661. The van der Waals surface area contributed by atoms with Gasteiger partial charge in [0, 0.05) is 21.7 Å². The van der Waals surface area contributed by atoms with E-state index in [1.54, 1.807) is 11.3 Å². The maximum absolute atomic E-state index is 12.8. The van der Waals surface area contributed by atoms with E-state index in [1.165, 1.54) is 5.56 Å². The first-order valence-electron chi connectivity index (χ1n) is 10.3. The van der Waals surface area contributed by atoms with Crippen molar-refractivity contribution >= 4 is 22.9 Å². The van der Waals surface area contributed by atoms with Gasteiger partial charge >= 0.3 is 0 Å². The van der Waals surface area contributed by atoms with E-state index < -0.39 is 0 Å². The van der Waals surface area contributed by atoms with Crippen LogP contribution in [0.2, 0.25) is 0 Å². The zero-order chi connectivity index (χ0) is 21.4. The lowest BCUT2D eigenvalue weighted by molar-refractivity contribution is -0.115. The second-order valence-electron chi connectivity index (χ2n) is 7.85. The van der Waals surface area contributed by atoms with Crippen molar-refractivity contribution in [3.05, 3.63) is 64.0 Å². The first-order valence-corrected chi connectivity index (χ1v) is 11.1. The van der Waals surface area contributed by atoms with Gasteiger partial charge in [-0.15, -0.1) is 16.4 Å². The monoisotopic (exact) mass is 430 g/mol. The number of carbonyl (C=O) groups is 1. The summed E-state index contributed by atoms with van der Waals surface area (Å²) in [6, 6.07) is 16.3. The average Bonchev–Trinajstić information content (AvgIpc) is 3.36. The van der Waals surface area contributed by atoms with Crippen molar-refractivity contribution in [1.29, 1.82) is 0 Å². The smallest absolute Gasteiger partial charge is 0.229 e. The van der Waals surface area contributed by atoms with Crippen LogP contribution in [0.5, 0.6) is 0 Å². The maximum Gasteiger partial charge on any atom is 0.229 e. The van der Waals surface area contributed by atoms with Gasteiger partial charge in [0.25, 0.3) is 0 Å². The molecule has 0 saturated heterocycles. The van der Waals surface area contributed by atoms with E-state index in [4.69, 9.17) is 0 Å². The fourth-order valence-electron chi connectivity index (χ4n) is 3.56. The summed E-state index contributed by atoms with van der Waals surface area (Å²) in [4.78, 5) is 18.5. The number of amides is 1. The normalized spacial score (nSPS) is 13.4. The molecule has 0 aliphatic heterocycles. The van der Waals surface area contributed by atoms with Crippen molar-refractivity contribution in [2.24, 2.45) is 0 Å². The topological polar surface area (TPSA) is 85.6 Å². The van der Waals surface area contributed by atoms with Gasteiger partial charge in [0.05, 0.1) is 23.2 Å². The minimum absolute atomic E-state index is 0.0732. The zero-order valence-corrected chi connectivity index (χ0v) is 18.2. The van der Waals surface area contributed by atoms with Gasteiger partial charge in [-0.25, -0.2) is 9.67 Å². The summed E-state index contributed by atoms with van der Waals surface area (Å²) >= 11 is 1.56. The van der Waals surface area contributed by atoms with Crippen molar-refractivity contribution in [2.75, 3.05) is 5.32 Å². The second-order valence-corrected chi connectivity index (χ2v) is 9.14. The second kappa shape index (κ2) is 8.03. The molecule has 5 rings (SSSR count). The Labute approximate surface area is 184 Å². The molecular weight excluding hydrogens is 408 g/mol. The number of hydrogen-bond donors (Lipinski definition) is 1. The molecule has 4 aromatic rings. The molecule has 0 spiro atoms. The highest BCUT2D eigenvalue weighted by atomic mass is 32.1. The third-order valence-electron chi connectivity index (χ3n) is 5.24. The summed E-state index contributed by atoms with van der Waals surface area (Å²) in [5.41, 5.74) is 4.74. The van der Waals surface area contributed by atoms with Crippen LogP contribution in [0.25, 0.3) is 22.6 Å². The van der Waals surface area contributed by atoms with Crippen LogP contribution in [-0.4, -0.2) is 31.1 Å².